The van der Waals surface area contributed by atoms with Crippen LogP contribution in [0.15, 0.2) is 60.7 Å². The quantitative estimate of drug-likeness (QED) is 0.213. The average Bonchev–Trinajstić information content (AvgIpc) is 2.85. The van der Waals surface area contributed by atoms with Crippen LogP contribution in [0.2, 0.25) is 0 Å². The number of phenols is 2. The average molecular weight is 530 g/mol. The van der Waals surface area contributed by atoms with Crippen LogP contribution in [-0.2, 0) is 0 Å². The van der Waals surface area contributed by atoms with Crippen molar-refractivity contribution >= 4 is 35.8 Å². The lowest BCUT2D eigenvalue weighted by Gasteiger charge is -2.04. The van der Waals surface area contributed by atoms with Crippen LogP contribution in [-0.4, -0.2) is 76.7 Å². The van der Waals surface area contributed by atoms with Crippen molar-refractivity contribution in [3.63, 3.8) is 0 Å². The lowest BCUT2D eigenvalue weighted by molar-refractivity contribution is 0.0632. The summed E-state index contributed by atoms with van der Waals surface area (Å²) in [5.74, 6) is -8.72. The zero-order chi connectivity index (χ0) is 29.2. The van der Waals surface area contributed by atoms with E-state index in [1.54, 1.807) is 0 Å². The van der Waals surface area contributed by atoms with Crippen LogP contribution in [0.3, 0.4) is 0 Å². The van der Waals surface area contributed by atoms with Crippen molar-refractivity contribution in [2.75, 3.05) is 0 Å². The molecule has 0 unspecified atom stereocenters. The molecule has 0 aliphatic rings. The molecule has 38 heavy (non-hydrogen) atoms. The second-order valence-electron chi connectivity index (χ2n) is 6.80. The van der Waals surface area contributed by atoms with Crippen molar-refractivity contribution in [1.82, 2.24) is 0 Å². The largest absolute Gasteiger partial charge is 0.508 e. The van der Waals surface area contributed by atoms with E-state index in [0.717, 1.165) is 24.3 Å². The van der Waals surface area contributed by atoms with Crippen molar-refractivity contribution in [1.29, 1.82) is 0 Å². The molecule has 0 saturated heterocycles. The SMILES string of the molecule is O=C(O)c1cccc(C(=O)O)c1C(=O)O.O=C(O)c1cccc(C(=O)O)c1C(=O)O.Oc1ccc(O)cc1. The van der Waals surface area contributed by atoms with Gasteiger partial charge < -0.3 is 40.9 Å². The van der Waals surface area contributed by atoms with Crippen molar-refractivity contribution in [2.24, 2.45) is 0 Å². The predicted octanol–water partition coefficient (Wildman–Crippen LogP) is 2.66. The maximum atomic E-state index is 10.7. The third-order valence-corrected chi connectivity index (χ3v) is 4.33. The molecule has 198 valence electrons. The molecule has 14 nitrogen and oxygen atoms in total. The summed E-state index contributed by atoms with van der Waals surface area (Å²) in [7, 11) is 0. The molecule has 0 heterocycles. The Labute approximate surface area is 211 Å². The molecule has 0 atom stereocenters. The van der Waals surface area contributed by atoms with Gasteiger partial charge in [-0.3, -0.25) is 0 Å². The van der Waals surface area contributed by atoms with Gasteiger partial charge in [-0.05, 0) is 48.5 Å². The van der Waals surface area contributed by atoms with Crippen molar-refractivity contribution in [3.8, 4) is 11.5 Å². The normalized spacial score (nSPS) is 9.47. The molecule has 3 aromatic rings. The van der Waals surface area contributed by atoms with Crippen LogP contribution < -0.4 is 0 Å². The minimum absolute atomic E-state index is 0.169. The molecular weight excluding hydrogens is 512 g/mol. The second-order valence-corrected chi connectivity index (χ2v) is 6.80. The van der Waals surface area contributed by atoms with Crippen LogP contribution in [0.25, 0.3) is 0 Å². The number of carboxylic acids is 6. The number of carbonyl (C=O) groups is 6. The van der Waals surface area contributed by atoms with Crippen molar-refractivity contribution < 1.29 is 69.6 Å². The topological polar surface area (TPSA) is 264 Å². The van der Waals surface area contributed by atoms with Gasteiger partial charge in [0.15, 0.2) is 0 Å². The molecule has 8 N–H and O–H groups in total. The zero-order valence-electron chi connectivity index (χ0n) is 18.8. The molecule has 0 spiro atoms. The van der Waals surface area contributed by atoms with E-state index in [0.29, 0.717) is 0 Å². The molecule has 3 rings (SSSR count). The fourth-order valence-corrected chi connectivity index (χ4v) is 2.73. The van der Waals surface area contributed by atoms with Crippen molar-refractivity contribution in [2.45, 2.75) is 0 Å². The van der Waals surface area contributed by atoms with Crippen LogP contribution in [0.5, 0.6) is 11.5 Å². The first-order chi connectivity index (χ1) is 17.7. The monoisotopic (exact) mass is 530 g/mol. The Kier molecular flexibility index (Phi) is 10.5. The lowest BCUT2D eigenvalue weighted by atomic mass is 10.0. The van der Waals surface area contributed by atoms with Gasteiger partial charge in [-0.1, -0.05) is 12.1 Å². The van der Waals surface area contributed by atoms with Gasteiger partial charge in [0.25, 0.3) is 0 Å². The standard InChI is InChI=1S/2C9H6O6.C6H6O2/c2*10-7(11)4-2-1-3-5(8(12)13)6(4)9(14)15;7-5-1-2-6(8)4-3-5/h2*1-3H,(H,10,11)(H,12,13)(H,14,15);1-4,7-8H. The summed E-state index contributed by atoms with van der Waals surface area (Å²) in [6.07, 6.45) is 0. The predicted molar refractivity (Wildman–Crippen MR) is 124 cm³/mol. The Balaban J connectivity index is 0.000000298. The number of rotatable bonds is 6. The number of benzene rings is 3. The number of carboxylic acid groups (broad SMARTS) is 6. The highest BCUT2D eigenvalue weighted by Gasteiger charge is 2.24. The van der Waals surface area contributed by atoms with Gasteiger partial charge in [-0.25, -0.2) is 28.8 Å². The van der Waals surface area contributed by atoms with Gasteiger partial charge in [0.1, 0.15) is 11.5 Å². The summed E-state index contributed by atoms with van der Waals surface area (Å²) in [4.78, 5) is 64.0. The Morgan fingerprint density at radius 3 is 0.737 bits per heavy atom. The van der Waals surface area contributed by atoms with E-state index >= 15 is 0 Å². The molecule has 0 aliphatic heterocycles. The number of phenolic OH excluding ortho intramolecular Hbond substituents is 2. The maximum absolute atomic E-state index is 10.7. The van der Waals surface area contributed by atoms with E-state index in [2.05, 4.69) is 0 Å². The molecule has 0 saturated carbocycles. The van der Waals surface area contributed by atoms with Crippen LogP contribution in [0.1, 0.15) is 62.1 Å². The van der Waals surface area contributed by atoms with Gasteiger partial charge >= 0.3 is 35.8 Å². The first-order valence-electron chi connectivity index (χ1n) is 9.82. The van der Waals surface area contributed by atoms with E-state index in [9.17, 15) is 28.8 Å². The van der Waals surface area contributed by atoms with E-state index < -0.39 is 69.2 Å². The van der Waals surface area contributed by atoms with Gasteiger partial charge in [-0.15, -0.1) is 0 Å². The highest BCUT2D eigenvalue weighted by Crippen LogP contribution is 2.16. The van der Waals surface area contributed by atoms with Gasteiger partial charge in [0.2, 0.25) is 0 Å². The zero-order valence-corrected chi connectivity index (χ0v) is 18.8. The van der Waals surface area contributed by atoms with E-state index in [1.807, 2.05) is 0 Å². The first-order valence-corrected chi connectivity index (χ1v) is 9.82. The second kappa shape index (κ2) is 13.2. The Hall–Kier alpha value is -5.92. The van der Waals surface area contributed by atoms with Crippen LogP contribution in [0.4, 0.5) is 0 Å². The summed E-state index contributed by atoms with van der Waals surface area (Å²) in [5, 5.41) is 69.4. The minimum Gasteiger partial charge on any atom is -0.508 e. The maximum Gasteiger partial charge on any atom is 0.337 e. The molecular formula is C24H18O14. The van der Waals surface area contributed by atoms with E-state index in [1.165, 1.54) is 36.4 Å². The summed E-state index contributed by atoms with van der Waals surface area (Å²) in [6.45, 7) is 0. The summed E-state index contributed by atoms with van der Waals surface area (Å²) in [6, 6.07) is 12.2. The van der Waals surface area contributed by atoms with Crippen LogP contribution in [0, 0.1) is 0 Å². The molecule has 0 aliphatic carbocycles. The van der Waals surface area contributed by atoms with Gasteiger partial charge in [0.05, 0.1) is 33.4 Å². The van der Waals surface area contributed by atoms with Crippen LogP contribution >= 0.6 is 0 Å². The number of aromatic hydroxyl groups is 2. The number of hydrogen-bond acceptors (Lipinski definition) is 8. The molecule has 0 amide bonds. The van der Waals surface area contributed by atoms with E-state index in [4.69, 9.17) is 40.9 Å². The summed E-state index contributed by atoms with van der Waals surface area (Å²) < 4.78 is 0. The summed E-state index contributed by atoms with van der Waals surface area (Å²) >= 11 is 0. The van der Waals surface area contributed by atoms with E-state index in [-0.39, 0.29) is 11.5 Å². The van der Waals surface area contributed by atoms with Gasteiger partial charge in [-0.2, -0.15) is 0 Å². The molecule has 0 radical (unpaired) electrons. The Morgan fingerprint density at radius 1 is 0.368 bits per heavy atom. The highest BCUT2D eigenvalue weighted by atomic mass is 16.4. The number of aromatic carboxylic acids is 6. The summed E-state index contributed by atoms with van der Waals surface area (Å²) in [5.41, 5.74) is -3.58. The highest BCUT2D eigenvalue weighted by molar-refractivity contribution is 6.09. The third kappa shape index (κ3) is 8.09. The van der Waals surface area contributed by atoms with Gasteiger partial charge in [0, 0.05) is 0 Å². The lowest BCUT2D eigenvalue weighted by Crippen LogP contribution is -2.14. The number of hydrogen-bond donors (Lipinski definition) is 8. The Bertz CT molecular complexity index is 1220. The Morgan fingerprint density at radius 2 is 0.579 bits per heavy atom. The molecule has 0 fully saturated rings. The third-order valence-electron chi connectivity index (χ3n) is 4.33. The minimum atomic E-state index is -1.58. The fourth-order valence-electron chi connectivity index (χ4n) is 2.73. The molecule has 3 aromatic carbocycles. The smallest absolute Gasteiger partial charge is 0.337 e. The molecule has 0 bridgehead atoms. The first kappa shape index (κ1) is 30.1. The van der Waals surface area contributed by atoms with Crippen molar-refractivity contribution in [3.05, 3.63) is 94.0 Å². The fraction of sp³-hybridized carbons (Fsp3) is 0. The molecule has 14 heteroatoms. The molecule has 0 aromatic heterocycles.